The molecule has 0 radical (unpaired) electrons. The van der Waals surface area contributed by atoms with Gasteiger partial charge >= 0.3 is 0 Å². The third-order valence-corrected chi connectivity index (χ3v) is 5.08. The van der Waals surface area contributed by atoms with E-state index < -0.39 is 0 Å². The normalized spacial score (nSPS) is 16.3. The smallest absolute Gasteiger partial charge is 0.0367 e. The van der Waals surface area contributed by atoms with Gasteiger partial charge in [0.1, 0.15) is 0 Å². The first-order valence-electron chi connectivity index (χ1n) is 9.75. The van der Waals surface area contributed by atoms with Gasteiger partial charge in [0.15, 0.2) is 0 Å². The van der Waals surface area contributed by atoms with Crippen LogP contribution in [0.15, 0.2) is 24.3 Å². The molecule has 24 heavy (non-hydrogen) atoms. The van der Waals surface area contributed by atoms with Crippen LogP contribution in [-0.4, -0.2) is 56.6 Å². The fourth-order valence-corrected chi connectivity index (χ4v) is 3.38. The topological polar surface area (TPSA) is 9.72 Å². The minimum Gasteiger partial charge on any atom is -0.369 e. The summed E-state index contributed by atoms with van der Waals surface area (Å²) in [7, 11) is 4.45. The average Bonchev–Trinajstić information content (AvgIpc) is 2.56. The number of piperazine rings is 1. The summed E-state index contributed by atoms with van der Waals surface area (Å²) >= 11 is 0. The van der Waals surface area contributed by atoms with E-state index in [9.17, 15) is 0 Å². The van der Waals surface area contributed by atoms with Gasteiger partial charge in [0.25, 0.3) is 0 Å². The van der Waals surface area contributed by atoms with E-state index in [0.29, 0.717) is 0 Å². The van der Waals surface area contributed by atoms with Gasteiger partial charge in [-0.25, -0.2) is 0 Å². The maximum Gasteiger partial charge on any atom is 0.0367 e. The molecule has 0 spiro atoms. The van der Waals surface area contributed by atoms with E-state index in [1.807, 2.05) is 0 Å². The summed E-state index contributed by atoms with van der Waals surface area (Å²) in [5, 5.41) is 0. The molecule has 1 aliphatic heterocycles. The molecule has 1 aromatic rings. The average molecular weight is 332 g/mol. The predicted molar refractivity (Wildman–Crippen MR) is 106 cm³/mol. The van der Waals surface area contributed by atoms with Crippen molar-refractivity contribution in [1.82, 2.24) is 9.80 Å². The SMILES string of the molecule is CC(C)CCCCCN(C)Cc1ccc(N2CCN(C)CC2)cc1. The highest BCUT2D eigenvalue weighted by Crippen LogP contribution is 2.18. The van der Waals surface area contributed by atoms with E-state index in [4.69, 9.17) is 0 Å². The minimum atomic E-state index is 0.849. The van der Waals surface area contributed by atoms with E-state index in [1.165, 1.54) is 56.6 Å². The Kier molecular flexibility index (Phi) is 8.07. The Labute approximate surface area is 149 Å². The molecule has 1 fully saturated rings. The largest absolute Gasteiger partial charge is 0.369 e. The lowest BCUT2D eigenvalue weighted by molar-refractivity contribution is 0.312. The van der Waals surface area contributed by atoms with Crippen LogP contribution >= 0.6 is 0 Å². The number of benzene rings is 1. The first-order valence-corrected chi connectivity index (χ1v) is 9.75. The zero-order chi connectivity index (χ0) is 17.4. The second-order valence-corrected chi connectivity index (χ2v) is 7.94. The van der Waals surface area contributed by atoms with Crippen molar-refractivity contribution in [2.24, 2.45) is 5.92 Å². The van der Waals surface area contributed by atoms with Crippen molar-refractivity contribution in [1.29, 1.82) is 0 Å². The van der Waals surface area contributed by atoms with E-state index >= 15 is 0 Å². The molecule has 0 aliphatic carbocycles. The van der Waals surface area contributed by atoms with Crippen LogP contribution in [0.25, 0.3) is 0 Å². The molecule has 136 valence electrons. The number of rotatable bonds is 9. The number of likely N-dealkylation sites (N-methyl/N-ethyl adjacent to an activating group) is 1. The predicted octanol–water partition coefficient (Wildman–Crippen LogP) is 4.09. The van der Waals surface area contributed by atoms with Gasteiger partial charge in [-0.15, -0.1) is 0 Å². The van der Waals surface area contributed by atoms with Crippen LogP contribution in [-0.2, 0) is 6.54 Å². The molecule has 0 amide bonds. The van der Waals surface area contributed by atoms with Crippen molar-refractivity contribution in [2.45, 2.75) is 46.1 Å². The summed E-state index contributed by atoms with van der Waals surface area (Å²) in [5.41, 5.74) is 2.81. The number of hydrogen-bond donors (Lipinski definition) is 0. The van der Waals surface area contributed by atoms with Crippen LogP contribution < -0.4 is 4.90 Å². The summed E-state index contributed by atoms with van der Waals surface area (Å²) in [5.74, 6) is 0.849. The highest BCUT2D eigenvalue weighted by Gasteiger charge is 2.14. The standard InChI is InChI=1S/C21H37N3/c1-19(2)8-6-5-7-13-23(4)18-20-9-11-21(12-10-20)24-16-14-22(3)15-17-24/h9-12,19H,5-8,13-18H2,1-4H3. The Hall–Kier alpha value is -1.06. The lowest BCUT2D eigenvalue weighted by Gasteiger charge is -2.34. The lowest BCUT2D eigenvalue weighted by Crippen LogP contribution is -2.44. The third kappa shape index (κ3) is 6.82. The van der Waals surface area contributed by atoms with E-state index in [0.717, 1.165) is 25.6 Å². The molecule has 2 rings (SSSR count). The van der Waals surface area contributed by atoms with Gasteiger partial charge in [-0.1, -0.05) is 45.2 Å². The van der Waals surface area contributed by atoms with Crippen molar-refractivity contribution in [2.75, 3.05) is 51.7 Å². The fourth-order valence-electron chi connectivity index (χ4n) is 3.38. The van der Waals surface area contributed by atoms with Gasteiger partial charge in [0.05, 0.1) is 0 Å². The summed E-state index contributed by atoms with van der Waals surface area (Å²) < 4.78 is 0. The summed E-state index contributed by atoms with van der Waals surface area (Å²) in [6.45, 7) is 11.5. The quantitative estimate of drug-likeness (QED) is 0.631. The molecule has 1 heterocycles. The first kappa shape index (κ1) is 19.3. The molecule has 0 aromatic heterocycles. The van der Waals surface area contributed by atoms with Gasteiger partial charge in [-0.05, 0) is 50.7 Å². The second-order valence-electron chi connectivity index (χ2n) is 7.94. The molecule has 0 N–H and O–H groups in total. The number of nitrogens with zero attached hydrogens (tertiary/aromatic N) is 3. The van der Waals surface area contributed by atoms with Crippen LogP contribution in [0.3, 0.4) is 0 Å². The zero-order valence-corrected chi connectivity index (χ0v) is 16.3. The van der Waals surface area contributed by atoms with Crippen LogP contribution in [0, 0.1) is 5.92 Å². The molecule has 1 saturated heterocycles. The van der Waals surface area contributed by atoms with Crippen LogP contribution in [0.1, 0.15) is 45.1 Å². The Balaban J connectivity index is 1.69. The van der Waals surface area contributed by atoms with Crippen LogP contribution in [0.2, 0.25) is 0 Å². The molecular formula is C21H37N3. The van der Waals surface area contributed by atoms with Crippen molar-refractivity contribution < 1.29 is 0 Å². The minimum absolute atomic E-state index is 0.849. The molecule has 0 bridgehead atoms. The maximum atomic E-state index is 2.50. The van der Waals surface area contributed by atoms with Crippen molar-refractivity contribution in [3.8, 4) is 0 Å². The van der Waals surface area contributed by atoms with Crippen LogP contribution in [0.5, 0.6) is 0 Å². The molecule has 1 aliphatic rings. The Bertz CT molecular complexity index is 447. The van der Waals surface area contributed by atoms with Gasteiger partial charge in [-0.2, -0.15) is 0 Å². The van der Waals surface area contributed by atoms with Gasteiger partial charge < -0.3 is 14.7 Å². The Morgan fingerprint density at radius 3 is 2.25 bits per heavy atom. The van der Waals surface area contributed by atoms with Gasteiger partial charge in [0, 0.05) is 38.4 Å². The summed E-state index contributed by atoms with van der Waals surface area (Å²) in [6, 6.07) is 9.22. The monoisotopic (exact) mass is 331 g/mol. The zero-order valence-electron chi connectivity index (χ0n) is 16.3. The Morgan fingerprint density at radius 2 is 1.62 bits per heavy atom. The van der Waals surface area contributed by atoms with Gasteiger partial charge in [0.2, 0.25) is 0 Å². The van der Waals surface area contributed by atoms with Crippen LogP contribution in [0.4, 0.5) is 5.69 Å². The van der Waals surface area contributed by atoms with Gasteiger partial charge in [-0.3, -0.25) is 0 Å². The highest BCUT2D eigenvalue weighted by molar-refractivity contribution is 5.48. The first-order chi connectivity index (χ1) is 11.5. The number of hydrogen-bond acceptors (Lipinski definition) is 3. The fraction of sp³-hybridized carbons (Fsp3) is 0.714. The molecule has 1 aromatic carbocycles. The molecule has 0 atom stereocenters. The molecule has 3 nitrogen and oxygen atoms in total. The highest BCUT2D eigenvalue weighted by atomic mass is 15.2. The summed E-state index contributed by atoms with van der Waals surface area (Å²) in [6.07, 6.45) is 5.44. The number of unbranched alkanes of at least 4 members (excludes halogenated alkanes) is 2. The van der Waals surface area contributed by atoms with Crippen molar-refractivity contribution in [3.05, 3.63) is 29.8 Å². The molecular weight excluding hydrogens is 294 g/mol. The Morgan fingerprint density at radius 1 is 0.958 bits per heavy atom. The maximum absolute atomic E-state index is 2.50. The second kappa shape index (κ2) is 10.0. The molecule has 0 saturated carbocycles. The number of anilines is 1. The third-order valence-electron chi connectivity index (χ3n) is 5.08. The molecule has 3 heteroatoms. The lowest BCUT2D eigenvalue weighted by atomic mass is 10.1. The van der Waals surface area contributed by atoms with E-state index in [2.05, 4.69) is 66.9 Å². The van der Waals surface area contributed by atoms with Crippen molar-refractivity contribution >= 4 is 5.69 Å². The van der Waals surface area contributed by atoms with E-state index in [-0.39, 0.29) is 0 Å². The molecule has 0 unspecified atom stereocenters. The van der Waals surface area contributed by atoms with Crippen molar-refractivity contribution in [3.63, 3.8) is 0 Å². The summed E-state index contributed by atoms with van der Waals surface area (Å²) in [4.78, 5) is 7.36. The van der Waals surface area contributed by atoms with E-state index in [1.54, 1.807) is 0 Å².